The number of aromatic amines is 2. The standard InChI is InChI=1S/C28H30FN7O/c1-36(2)10-11-37-20-13-18(12-19(29)14-20)21-4-3-5-23-26(21)33-28(32-23)27-22-15-24(17-6-8-30-9-7-17)31-16-25(22)34-35-27/h3-5,12-17,30H,6-11H2,1-2H3,(H,32,33)(H,34,35). The maximum Gasteiger partial charge on any atom is 0.159 e. The first kappa shape index (κ1) is 23.6. The van der Waals surface area contributed by atoms with E-state index < -0.39 is 0 Å². The molecule has 1 fully saturated rings. The molecule has 0 spiro atoms. The summed E-state index contributed by atoms with van der Waals surface area (Å²) in [6.45, 7) is 3.25. The molecule has 0 bridgehead atoms. The van der Waals surface area contributed by atoms with Gasteiger partial charge in [0.25, 0.3) is 0 Å². The van der Waals surface area contributed by atoms with Crippen LogP contribution in [0.2, 0.25) is 0 Å². The average molecular weight is 500 g/mol. The van der Waals surface area contributed by atoms with Crippen LogP contribution >= 0.6 is 0 Å². The van der Waals surface area contributed by atoms with Crippen molar-refractivity contribution in [1.82, 2.24) is 35.4 Å². The molecule has 1 aliphatic rings. The summed E-state index contributed by atoms with van der Waals surface area (Å²) in [5.74, 6) is 1.26. The number of imidazole rings is 1. The molecule has 3 aromatic heterocycles. The first-order valence-corrected chi connectivity index (χ1v) is 12.7. The fourth-order valence-corrected chi connectivity index (χ4v) is 4.98. The smallest absolute Gasteiger partial charge is 0.159 e. The molecular formula is C28H30FN7O. The molecule has 190 valence electrons. The first-order chi connectivity index (χ1) is 18.0. The van der Waals surface area contributed by atoms with Crippen molar-refractivity contribution in [2.45, 2.75) is 18.8 Å². The van der Waals surface area contributed by atoms with Crippen molar-refractivity contribution < 1.29 is 9.13 Å². The van der Waals surface area contributed by atoms with Crippen LogP contribution in [0.1, 0.15) is 24.5 Å². The lowest BCUT2D eigenvalue weighted by molar-refractivity contribution is 0.260. The Kier molecular flexibility index (Phi) is 6.31. The number of pyridine rings is 1. The van der Waals surface area contributed by atoms with E-state index >= 15 is 0 Å². The van der Waals surface area contributed by atoms with Crippen LogP contribution in [0.15, 0.2) is 48.7 Å². The summed E-state index contributed by atoms with van der Waals surface area (Å²) < 4.78 is 20.4. The van der Waals surface area contributed by atoms with Crippen LogP contribution in [0.3, 0.4) is 0 Å². The molecule has 0 aliphatic carbocycles. The third-order valence-electron chi connectivity index (χ3n) is 6.95. The summed E-state index contributed by atoms with van der Waals surface area (Å²) in [5, 5.41) is 12.1. The molecule has 37 heavy (non-hydrogen) atoms. The number of nitrogens with one attached hydrogen (secondary N) is 3. The van der Waals surface area contributed by atoms with Gasteiger partial charge < -0.3 is 19.9 Å². The number of benzene rings is 2. The Morgan fingerprint density at radius 1 is 1.08 bits per heavy atom. The van der Waals surface area contributed by atoms with Gasteiger partial charge in [-0.15, -0.1) is 0 Å². The molecule has 0 amide bonds. The van der Waals surface area contributed by atoms with Gasteiger partial charge in [-0.1, -0.05) is 12.1 Å². The van der Waals surface area contributed by atoms with Crippen LogP contribution < -0.4 is 10.1 Å². The number of hydrogen-bond donors (Lipinski definition) is 3. The number of nitrogens with zero attached hydrogens (tertiary/aromatic N) is 4. The van der Waals surface area contributed by atoms with Gasteiger partial charge in [-0.05, 0) is 69.9 Å². The van der Waals surface area contributed by atoms with E-state index in [1.807, 2.05) is 49.5 Å². The highest BCUT2D eigenvalue weighted by atomic mass is 19.1. The highest BCUT2D eigenvalue weighted by Crippen LogP contribution is 2.34. The van der Waals surface area contributed by atoms with Crippen molar-refractivity contribution in [1.29, 1.82) is 0 Å². The van der Waals surface area contributed by atoms with E-state index in [4.69, 9.17) is 14.7 Å². The summed E-state index contributed by atoms with van der Waals surface area (Å²) in [5.41, 5.74) is 5.87. The zero-order chi connectivity index (χ0) is 25.4. The SMILES string of the molecule is CN(C)CCOc1cc(F)cc(-c2cccc3[nH]c(-c4n[nH]c5cnc(C6CCNCC6)cc45)nc23)c1. The van der Waals surface area contributed by atoms with Crippen molar-refractivity contribution in [2.24, 2.45) is 0 Å². The number of para-hydroxylation sites is 1. The van der Waals surface area contributed by atoms with Crippen molar-refractivity contribution in [3.8, 4) is 28.4 Å². The minimum absolute atomic E-state index is 0.346. The third-order valence-corrected chi connectivity index (χ3v) is 6.95. The van der Waals surface area contributed by atoms with Crippen LogP contribution in [0, 0.1) is 5.82 Å². The minimum Gasteiger partial charge on any atom is -0.492 e. The van der Waals surface area contributed by atoms with Crippen LogP contribution in [0.4, 0.5) is 4.39 Å². The summed E-state index contributed by atoms with van der Waals surface area (Å²) in [6.07, 6.45) is 4.02. The number of likely N-dealkylation sites (N-methyl/N-ethyl adjacent to an activating group) is 1. The van der Waals surface area contributed by atoms with Gasteiger partial charge in [0.15, 0.2) is 5.82 Å². The topological polar surface area (TPSA) is 94.8 Å². The molecule has 4 heterocycles. The quantitative estimate of drug-likeness (QED) is 0.300. The Bertz CT molecular complexity index is 1550. The number of halogens is 1. The van der Waals surface area contributed by atoms with Gasteiger partial charge in [0.05, 0.1) is 22.7 Å². The van der Waals surface area contributed by atoms with E-state index in [9.17, 15) is 4.39 Å². The van der Waals surface area contributed by atoms with E-state index in [2.05, 4.69) is 26.6 Å². The molecule has 1 aliphatic heterocycles. The van der Waals surface area contributed by atoms with E-state index in [-0.39, 0.29) is 5.82 Å². The molecule has 0 saturated carbocycles. The van der Waals surface area contributed by atoms with Crippen LogP contribution in [0.25, 0.3) is 44.6 Å². The highest BCUT2D eigenvalue weighted by Gasteiger charge is 2.20. The lowest BCUT2D eigenvalue weighted by Gasteiger charge is -2.21. The number of hydrogen-bond acceptors (Lipinski definition) is 6. The Morgan fingerprint density at radius 3 is 2.78 bits per heavy atom. The molecule has 1 saturated heterocycles. The summed E-state index contributed by atoms with van der Waals surface area (Å²) in [4.78, 5) is 15.1. The maximum absolute atomic E-state index is 14.6. The predicted octanol–water partition coefficient (Wildman–Crippen LogP) is 4.71. The molecule has 0 atom stereocenters. The number of rotatable bonds is 7. The van der Waals surface area contributed by atoms with Crippen molar-refractivity contribution in [2.75, 3.05) is 40.3 Å². The van der Waals surface area contributed by atoms with Crippen molar-refractivity contribution in [3.63, 3.8) is 0 Å². The number of aromatic nitrogens is 5. The molecule has 0 radical (unpaired) electrons. The van der Waals surface area contributed by atoms with Gasteiger partial charge in [-0.25, -0.2) is 9.37 Å². The number of ether oxygens (including phenoxy) is 1. The van der Waals surface area contributed by atoms with E-state index in [0.29, 0.717) is 29.7 Å². The van der Waals surface area contributed by atoms with Gasteiger partial charge in [0.2, 0.25) is 0 Å². The molecule has 9 heteroatoms. The minimum atomic E-state index is -0.346. The fraction of sp³-hybridized carbons (Fsp3) is 0.321. The fourth-order valence-electron chi connectivity index (χ4n) is 4.98. The summed E-state index contributed by atoms with van der Waals surface area (Å²) >= 11 is 0. The first-order valence-electron chi connectivity index (χ1n) is 12.7. The van der Waals surface area contributed by atoms with Crippen LogP contribution in [0.5, 0.6) is 5.75 Å². The second-order valence-electron chi connectivity index (χ2n) is 9.87. The van der Waals surface area contributed by atoms with Crippen molar-refractivity contribution >= 4 is 21.9 Å². The molecular weight excluding hydrogens is 469 g/mol. The number of H-pyrrole nitrogens is 2. The van der Waals surface area contributed by atoms with Gasteiger partial charge in [-0.2, -0.15) is 5.10 Å². The highest BCUT2D eigenvalue weighted by molar-refractivity contribution is 5.97. The van der Waals surface area contributed by atoms with E-state index in [1.54, 1.807) is 0 Å². The van der Waals surface area contributed by atoms with E-state index in [1.165, 1.54) is 12.1 Å². The van der Waals surface area contributed by atoms with Crippen LogP contribution in [-0.4, -0.2) is 70.4 Å². The normalized spacial score (nSPS) is 14.7. The lowest BCUT2D eigenvalue weighted by atomic mass is 9.93. The summed E-state index contributed by atoms with van der Waals surface area (Å²) in [7, 11) is 3.95. The molecule has 6 rings (SSSR count). The largest absolute Gasteiger partial charge is 0.492 e. The Hall–Kier alpha value is -3.82. The zero-order valence-electron chi connectivity index (χ0n) is 21.0. The number of piperidine rings is 1. The molecule has 2 aromatic carbocycles. The van der Waals surface area contributed by atoms with Crippen molar-refractivity contribution in [3.05, 3.63) is 60.2 Å². The van der Waals surface area contributed by atoms with Crippen LogP contribution in [-0.2, 0) is 0 Å². The summed E-state index contributed by atoms with van der Waals surface area (Å²) in [6, 6.07) is 12.8. The lowest BCUT2D eigenvalue weighted by Crippen LogP contribution is -2.27. The maximum atomic E-state index is 14.6. The average Bonchev–Trinajstić information content (AvgIpc) is 3.52. The molecule has 3 N–H and O–H groups in total. The van der Waals surface area contributed by atoms with Gasteiger partial charge in [0.1, 0.15) is 23.9 Å². The predicted molar refractivity (Wildman–Crippen MR) is 143 cm³/mol. The second kappa shape index (κ2) is 9.91. The zero-order valence-corrected chi connectivity index (χ0v) is 21.0. The van der Waals surface area contributed by atoms with E-state index in [0.717, 1.165) is 71.4 Å². The molecule has 0 unspecified atom stereocenters. The number of fused-ring (bicyclic) bond motifs is 2. The monoisotopic (exact) mass is 499 g/mol. The Labute approximate surface area is 214 Å². The second-order valence-corrected chi connectivity index (χ2v) is 9.87. The van der Waals surface area contributed by atoms with Gasteiger partial charge >= 0.3 is 0 Å². The Morgan fingerprint density at radius 2 is 1.95 bits per heavy atom. The molecule has 8 nitrogen and oxygen atoms in total. The van der Waals surface area contributed by atoms with Gasteiger partial charge in [-0.3, -0.25) is 10.1 Å². The Balaban J connectivity index is 1.37. The third kappa shape index (κ3) is 4.80. The molecule has 5 aromatic rings. The van der Waals surface area contributed by atoms with Gasteiger partial charge in [0, 0.05) is 35.2 Å².